The van der Waals surface area contributed by atoms with Gasteiger partial charge in [-0.25, -0.2) is 0 Å². The molecule has 144 valence electrons. The zero-order chi connectivity index (χ0) is 19.0. The van der Waals surface area contributed by atoms with Crippen molar-refractivity contribution in [3.8, 4) is 0 Å². The number of hydrogen-bond acceptors (Lipinski definition) is 5. The molecule has 0 N–H and O–H groups in total. The molecule has 5 nitrogen and oxygen atoms in total. The second kappa shape index (κ2) is 9.46. The molecular weight excluding hydrogens is 348 g/mol. The molecule has 1 aliphatic rings. The number of ether oxygens (including phenoxy) is 1. The first-order chi connectivity index (χ1) is 12.6. The van der Waals surface area contributed by atoms with E-state index in [1.165, 1.54) is 7.11 Å². The second-order valence-corrected chi connectivity index (χ2v) is 9.00. The van der Waals surface area contributed by atoms with Gasteiger partial charge in [0.25, 0.3) is 0 Å². The number of carbonyl (C=O) groups is 1. The van der Waals surface area contributed by atoms with Gasteiger partial charge in [0.05, 0.1) is 12.5 Å². The first-order valence-electron chi connectivity index (χ1n) is 9.30. The Morgan fingerprint density at radius 3 is 2.19 bits per heavy atom. The molecule has 0 saturated heterocycles. The van der Waals surface area contributed by atoms with Gasteiger partial charge in [-0.3, -0.25) is 4.79 Å². The van der Waals surface area contributed by atoms with Gasteiger partial charge in [0.2, 0.25) is 0 Å². The molecule has 0 aromatic heterocycles. The van der Waals surface area contributed by atoms with E-state index in [1.807, 2.05) is 63.3 Å². The zero-order valence-electron chi connectivity index (χ0n) is 16.2. The van der Waals surface area contributed by atoms with E-state index < -0.39 is 14.2 Å². The fraction of sp³-hybridized carbons (Fsp3) is 0.550. The third-order valence-electron chi connectivity index (χ3n) is 4.68. The highest BCUT2D eigenvalue weighted by Crippen LogP contribution is 2.58. The zero-order valence-corrected chi connectivity index (χ0v) is 17.2. The molecule has 0 amide bonds. The molecule has 1 aliphatic carbocycles. The highest BCUT2D eigenvalue weighted by Gasteiger charge is 2.63. The van der Waals surface area contributed by atoms with Crippen LogP contribution in [-0.4, -0.2) is 41.7 Å². The molecule has 2 rings (SSSR count). The predicted molar refractivity (Wildman–Crippen MR) is 103 cm³/mol. The average molecular weight is 379 g/mol. The van der Waals surface area contributed by atoms with E-state index in [9.17, 15) is 4.79 Å². The fourth-order valence-corrected chi connectivity index (χ4v) is 6.42. The molecule has 1 aromatic carbocycles. The Labute approximate surface area is 157 Å². The molecule has 6 heteroatoms. The highest BCUT2D eigenvalue weighted by molar-refractivity contribution is 6.60. The number of carbonyl (C=O) groups excluding carboxylic acids is 1. The lowest BCUT2D eigenvalue weighted by atomic mass is 10.0. The van der Waals surface area contributed by atoms with Crippen LogP contribution in [0.25, 0.3) is 6.08 Å². The summed E-state index contributed by atoms with van der Waals surface area (Å²) in [4.78, 5) is 12.5. The predicted octanol–water partition coefficient (Wildman–Crippen LogP) is 3.93. The summed E-state index contributed by atoms with van der Waals surface area (Å²) < 4.78 is 22.9. The van der Waals surface area contributed by atoms with Crippen LogP contribution in [0.1, 0.15) is 32.8 Å². The van der Waals surface area contributed by atoms with E-state index in [0.717, 1.165) is 12.0 Å². The van der Waals surface area contributed by atoms with Crippen LogP contribution in [0.2, 0.25) is 6.04 Å². The summed E-state index contributed by atoms with van der Waals surface area (Å²) in [6, 6.07) is 10.6. The summed E-state index contributed by atoms with van der Waals surface area (Å²) in [6.07, 6.45) is 4.69. The van der Waals surface area contributed by atoms with Crippen molar-refractivity contribution in [2.75, 3.05) is 26.9 Å². The van der Waals surface area contributed by atoms with Gasteiger partial charge in [-0.2, -0.15) is 0 Å². The van der Waals surface area contributed by atoms with E-state index in [4.69, 9.17) is 18.0 Å². The fourth-order valence-electron chi connectivity index (χ4n) is 3.39. The van der Waals surface area contributed by atoms with Crippen molar-refractivity contribution in [2.45, 2.75) is 33.2 Å². The van der Waals surface area contributed by atoms with E-state index in [2.05, 4.69) is 0 Å². The standard InChI is InChI=1S/C20H30O5Si/c1-5-23-26(24-6-2,25-7-3)16-18-15-20(18,19(21)22-4)14-13-17-11-9-8-10-12-17/h8-14,18H,5-7,15-16H2,1-4H3/b14-13+/t18-,20+/m0/s1. The van der Waals surface area contributed by atoms with E-state index in [0.29, 0.717) is 25.9 Å². The van der Waals surface area contributed by atoms with Gasteiger partial charge in [0.1, 0.15) is 0 Å². The van der Waals surface area contributed by atoms with Crippen molar-refractivity contribution in [2.24, 2.45) is 11.3 Å². The minimum atomic E-state index is -2.79. The average Bonchev–Trinajstić information content (AvgIpc) is 3.34. The second-order valence-electron chi connectivity index (χ2n) is 6.36. The van der Waals surface area contributed by atoms with Crippen LogP contribution in [-0.2, 0) is 22.8 Å². The number of benzene rings is 1. The van der Waals surface area contributed by atoms with Crippen LogP contribution in [0.4, 0.5) is 0 Å². The van der Waals surface area contributed by atoms with Crippen LogP contribution in [0.5, 0.6) is 0 Å². The topological polar surface area (TPSA) is 54.0 Å². The minimum Gasteiger partial charge on any atom is -0.468 e. The molecular formula is C20H30O5Si. The van der Waals surface area contributed by atoms with Crippen LogP contribution in [0.3, 0.4) is 0 Å². The van der Waals surface area contributed by atoms with Gasteiger partial charge in [-0.1, -0.05) is 42.5 Å². The third-order valence-corrected chi connectivity index (χ3v) is 7.86. The molecule has 0 spiro atoms. The molecule has 26 heavy (non-hydrogen) atoms. The summed E-state index contributed by atoms with van der Waals surface area (Å²) in [5.74, 6) is -0.103. The van der Waals surface area contributed by atoms with Crippen molar-refractivity contribution >= 4 is 20.8 Å². The molecule has 0 bridgehead atoms. The maximum atomic E-state index is 12.5. The summed E-state index contributed by atoms with van der Waals surface area (Å²) in [7, 11) is -1.35. The number of rotatable bonds is 11. The lowest BCUT2D eigenvalue weighted by Crippen LogP contribution is -2.47. The van der Waals surface area contributed by atoms with Gasteiger partial charge in [0, 0.05) is 25.9 Å². The Bertz CT molecular complexity index is 586. The maximum absolute atomic E-state index is 12.5. The molecule has 0 heterocycles. The van der Waals surface area contributed by atoms with Crippen LogP contribution >= 0.6 is 0 Å². The first kappa shape index (κ1) is 20.8. The summed E-state index contributed by atoms with van der Waals surface area (Å²) in [5.41, 5.74) is 0.443. The van der Waals surface area contributed by atoms with Crippen LogP contribution in [0.15, 0.2) is 36.4 Å². The molecule has 0 aliphatic heterocycles. The summed E-state index contributed by atoms with van der Waals surface area (Å²) >= 11 is 0. The van der Waals surface area contributed by atoms with Crippen LogP contribution < -0.4 is 0 Å². The van der Waals surface area contributed by atoms with Crippen molar-refractivity contribution in [3.63, 3.8) is 0 Å². The molecule has 2 atom stereocenters. The van der Waals surface area contributed by atoms with Crippen LogP contribution in [0, 0.1) is 11.3 Å². The summed E-state index contributed by atoms with van der Waals surface area (Å²) in [5, 5.41) is 0. The van der Waals surface area contributed by atoms with Crippen molar-refractivity contribution in [1.82, 2.24) is 0 Å². The van der Waals surface area contributed by atoms with Gasteiger partial charge in [-0.05, 0) is 38.7 Å². The maximum Gasteiger partial charge on any atom is 0.501 e. The number of esters is 1. The molecule has 1 aromatic rings. The molecule has 1 saturated carbocycles. The molecule has 0 unspecified atom stereocenters. The Kier molecular flexibility index (Phi) is 7.58. The number of methoxy groups -OCH3 is 1. The van der Waals surface area contributed by atoms with E-state index in [-0.39, 0.29) is 11.9 Å². The summed E-state index contributed by atoms with van der Waals surface area (Å²) in [6.45, 7) is 7.42. The Morgan fingerprint density at radius 1 is 1.12 bits per heavy atom. The largest absolute Gasteiger partial charge is 0.501 e. The lowest BCUT2D eigenvalue weighted by molar-refractivity contribution is -0.145. The smallest absolute Gasteiger partial charge is 0.468 e. The minimum absolute atomic E-state index is 0.103. The van der Waals surface area contributed by atoms with E-state index >= 15 is 0 Å². The Hall–Kier alpha value is -1.47. The van der Waals surface area contributed by atoms with Gasteiger partial charge in [0.15, 0.2) is 0 Å². The first-order valence-corrected chi connectivity index (χ1v) is 11.2. The SMILES string of the molecule is CCO[Si](C[C@@H]1C[C@@]1(/C=C/c1ccccc1)C(=O)OC)(OCC)OCC. The van der Waals surface area contributed by atoms with Gasteiger partial charge < -0.3 is 18.0 Å². The Morgan fingerprint density at radius 2 is 1.69 bits per heavy atom. The van der Waals surface area contributed by atoms with Crippen molar-refractivity contribution in [1.29, 1.82) is 0 Å². The lowest BCUT2D eigenvalue weighted by Gasteiger charge is -2.29. The van der Waals surface area contributed by atoms with Crippen molar-refractivity contribution < 1.29 is 22.8 Å². The normalized spacial score (nSPS) is 22.5. The van der Waals surface area contributed by atoms with Gasteiger partial charge in [-0.15, -0.1) is 0 Å². The monoisotopic (exact) mass is 378 g/mol. The van der Waals surface area contributed by atoms with Gasteiger partial charge >= 0.3 is 14.8 Å². The number of hydrogen-bond donors (Lipinski definition) is 0. The van der Waals surface area contributed by atoms with Crippen molar-refractivity contribution in [3.05, 3.63) is 42.0 Å². The quantitative estimate of drug-likeness (QED) is 0.431. The third kappa shape index (κ3) is 4.82. The highest BCUT2D eigenvalue weighted by atomic mass is 28.4. The Balaban J connectivity index is 2.20. The van der Waals surface area contributed by atoms with E-state index in [1.54, 1.807) is 0 Å². The molecule has 0 radical (unpaired) electrons. The molecule has 1 fully saturated rings.